The van der Waals surface area contributed by atoms with E-state index in [2.05, 4.69) is 4.90 Å². The number of para-hydroxylation sites is 2. The second kappa shape index (κ2) is 8.45. The number of aromatic carboxylic acids is 1. The van der Waals surface area contributed by atoms with Crippen LogP contribution < -0.4 is 4.90 Å². The number of carboxylic acid groups (broad SMARTS) is 1. The molecule has 1 N–H and O–H groups in total. The van der Waals surface area contributed by atoms with Crippen molar-refractivity contribution in [3.05, 3.63) is 126 Å². The van der Waals surface area contributed by atoms with Crippen molar-refractivity contribution in [1.82, 2.24) is 0 Å². The maximum Gasteiger partial charge on any atom is 0.336 e. The van der Waals surface area contributed by atoms with Gasteiger partial charge in [-0.3, -0.25) is 4.79 Å². The molecule has 0 saturated carbocycles. The zero-order valence-electron chi connectivity index (χ0n) is 16.1. The minimum absolute atomic E-state index is 0.00164. The summed E-state index contributed by atoms with van der Waals surface area (Å²) < 4.78 is 0. The van der Waals surface area contributed by atoms with Crippen LogP contribution in [0, 0.1) is 0 Å². The first-order valence-corrected chi connectivity index (χ1v) is 9.52. The van der Waals surface area contributed by atoms with Crippen LogP contribution in [0.4, 0.5) is 17.1 Å². The van der Waals surface area contributed by atoms with E-state index in [1.807, 2.05) is 72.8 Å². The van der Waals surface area contributed by atoms with Crippen molar-refractivity contribution in [3.8, 4) is 0 Å². The Kier molecular flexibility index (Phi) is 5.39. The van der Waals surface area contributed by atoms with Crippen molar-refractivity contribution in [2.45, 2.75) is 0 Å². The Balaban J connectivity index is 1.71. The van der Waals surface area contributed by atoms with E-state index in [9.17, 15) is 14.7 Å². The minimum atomic E-state index is -1.12. The van der Waals surface area contributed by atoms with Crippen LogP contribution in [0.25, 0.3) is 0 Å². The molecule has 0 fully saturated rings. The van der Waals surface area contributed by atoms with Crippen LogP contribution in [0.1, 0.15) is 26.3 Å². The fraction of sp³-hybridized carbons (Fsp3) is 0. The monoisotopic (exact) mass is 393 g/mol. The fourth-order valence-electron chi connectivity index (χ4n) is 3.39. The Morgan fingerprint density at radius 3 is 1.47 bits per heavy atom. The van der Waals surface area contributed by atoms with Crippen LogP contribution in [0.3, 0.4) is 0 Å². The van der Waals surface area contributed by atoms with Gasteiger partial charge in [0.2, 0.25) is 0 Å². The van der Waals surface area contributed by atoms with Gasteiger partial charge in [-0.1, -0.05) is 54.6 Å². The lowest BCUT2D eigenvalue weighted by molar-refractivity contribution is 0.0693. The standard InChI is InChI=1S/C26H19NO3/c28-25(23-13-7-8-14-24(23)26(29)30)19-15-17-22(18-16-19)27(20-9-3-1-4-10-20)21-11-5-2-6-12-21/h1-18H,(H,29,30). The van der Waals surface area contributed by atoms with Gasteiger partial charge in [-0.15, -0.1) is 0 Å². The van der Waals surface area contributed by atoms with Crippen molar-refractivity contribution in [2.75, 3.05) is 4.90 Å². The topological polar surface area (TPSA) is 57.6 Å². The molecule has 0 spiro atoms. The first kappa shape index (κ1) is 19.2. The molecule has 4 aromatic rings. The van der Waals surface area contributed by atoms with Gasteiger partial charge in [0.05, 0.1) is 5.56 Å². The number of nitrogens with zero attached hydrogens (tertiary/aromatic N) is 1. The molecule has 4 aromatic carbocycles. The third-order valence-corrected chi connectivity index (χ3v) is 4.82. The maximum absolute atomic E-state index is 12.9. The molecule has 0 atom stereocenters. The first-order chi connectivity index (χ1) is 14.6. The highest BCUT2D eigenvalue weighted by molar-refractivity contribution is 6.14. The van der Waals surface area contributed by atoms with E-state index < -0.39 is 5.97 Å². The average molecular weight is 393 g/mol. The molecule has 0 heterocycles. The van der Waals surface area contributed by atoms with Crippen LogP contribution in [-0.4, -0.2) is 16.9 Å². The molecular weight excluding hydrogens is 374 g/mol. The van der Waals surface area contributed by atoms with Gasteiger partial charge in [0, 0.05) is 28.2 Å². The molecule has 4 heteroatoms. The van der Waals surface area contributed by atoms with Crippen molar-refractivity contribution in [3.63, 3.8) is 0 Å². The van der Waals surface area contributed by atoms with E-state index in [0.29, 0.717) is 5.56 Å². The molecule has 0 bridgehead atoms. The van der Waals surface area contributed by atoms with E-state index in [1.54, 1.807) is 30.3 Å². The van der Waals surface area contributed by atoms with Gasteiger partial charge in [0.1, 0.15) is 0 Å². The molecule has 0 aliphatic heterocycles. The number of carbonyl (C=O) groups excluding carboxylic acids is 1. The summed E-state index contributed by atoms with van der Waals surface area (Å²) in [6.45, 7) is 0. The van der Waals surface area contributed by atoms with Gasteiger partial charge in [-0.05, 0) is 54.6 Å². The maximum atomic E-state index is 12.9. The molecule has 30 heavy (non-hydrogen) atoms. The summed E-state index contributed by atoms with van der Waals surface area (Å²) in [6.07, 6.45) is 0. The molecule has 0 unspecified atom stereocenters. The predicted molar refractivity (Wildman–Crippen MR) is 118 cm³/mol. The summed E-state index contributed by atoms with van der Waals surface area (Å²) in [5, 5.41) is 9.37. The number of hydrogen-bond acceptors (Lipinski definition) is 3. The summed E-state index contributed by atoms with van der Waals surface area (Å²) in [5.74, 6) is -1.43. The van der Waals surface area contributed by atoms with Gasteiger partial charge < -0.3 is 10.0 Å². The Labute approximate surface area is 174 Å². The lowest BCUT2D eigenvalue weighted by Gasteiger charge is -2.25. The molecule has 0 aliphatic rings. The second-order valence-electron chi connectivity index (χ2n) is 6.73. The predicted octanol–water partition coefficient (Wildman–Crippen LogP) is 6.09. The van der Waals surface area contributed by atoms with Gasteiger partial charge in [-0.2, -0.15) is 0 Å². The number of rotatable bonds is 6. The third-order valence-electron chi connectivity index (χ3n) is 4.82. The molecule has 0 amide bonds. The zero-order valence-corrected chi connectivity index (χ0v) is 16.1. The highest BCUT2D eigenvalue weighted by atomic mass is 16.4. The van der Waals surface area contributed by atoms with E-state index in [-0.39, 0.29) is 16.9 Å². The minimum Gasteiger partial charge on any atom is -0.478 e. The van der Waals surface area contributed by atoms with Gasteiger partial charge in [-0.25, -0.2) is 4.79 Å². The van der Waals surface area contributed by atoms with E-state index in [1.165, 1.54) is 6.07 Å². The van der Waals surface area contributed by atoms with Crippen molar-refractivity contribution in [2.24, 2.45) is 0 Å². The number of benzene rings is 4. The highest BCUT2D eigenvalue weighted by Crippen LogP contribution is 2.34. The summed E-state index contributed by atoms with van der Waals surface area (Å²) in [6, 6.07) is 33.4. The lowest BCUT2D eigenvalue weighted by Crippen LogP contribution is -2.11. The SMILES string of the molecule is O=C(O)c1ccccc1C(=O)c1ccc(N(c2ccccc2)c2ccccc2)cc1. The molecule has 4 nitrogen and oxygen atoms in total. The molecule has 4 rings (SSSR count). The van der Waals surface area contributed by atoms with Crippen LogP contribution >= 0.6 is 0 Å². The summed E-state index contributed by atoms with van der Waals surface area (Å²) in [5.41, 5.74) is 3.52. The van der Waals surface area contributed by atoms with Crippen LogP contribution in [0.5, 0.6) is 0 Å². The van der Waals surface area contributed by atoms with E-state index in [0.717, 1.165) is 17.1 Å². The van der Waals surface area contributed by atoms with E-state index >= 15 is 0 Å². The molecule has 0 aromatic heterocycles. The smallest absolute Gasteiger partial charge is 0.336 e. The van der Waals surface area contributed by atoms with Gasteiger partial charge in [0.15, 0.2) is 5.78 Å². The fourth-order valence-corrected chi connectivity index (χ4v) is 3.39. The molecular formula is C26H19NO3. The van der Waals surface area contributed by atoms with Crippen LogP contribution in [0.15, 0.2) is 109 Å². The number of anilines is 3. The largest absolute Gasteiger partial charge is 0.478 e. The number of carbonyl (C=O) groups is 2. The third kappa shape index (κ3) is 3.84. The Bertz CT molecular complexity index is 1130. The number of ketones is 1. The molecule has 0 saturated heterocycles. The average Bonchev–Trinajstić information content (AvgIpc) is 2.81. The molecule has 0 radical (unpaired) electrons. The normalized spacial score (nSPS) is 10.4. The zero-order chi connectivity index (χ0) is 20.9. The summed E-state index contributed by atoms with van der Waals surface area (Å²) in [4.78, 5) is 26.5. The van der Waals surface area contributed by atoms with Gasteiger partial charge in [0.25, 0.3) is 0 Å². The summed E-state index contributed by atoms with van der Waals surface area (Å²) >= 11 is 0. The van der Waals surface area contributed by atoms with Crippen molar-refractivity contribution >= 4 is 28.8 Å². The quantitative estimate of drug-likeness (QED) is 0.403. The second-order valence-corrected chi connectivity index (χ2v) is 6.73. The summed E-state index contributed by atoms with van der Waals surface area (Å²) in [7, 11) is 0. The Hall–Kier alpha value is -4.18. The van der Waals surface area contributed by atoms with Gasteiger partial charge >= 0.3 is 5.97 Å². The number of carboxylic acids is 1. The van der Waals surface area contributed by atoms with Crippen LogP contribution in [0.2, 0.25) is 0 Å². The molecule has 146 valence electrons. The highest BCUT2D eigenvalue weighted by Gasteiger charge is 2.18. The van der Waals surface area contributed by atoms with Crippen LogP contribution in [-0.2, 0) is 0 Å². The molecule has 0 aliphatic carbocycles. The van der Waals surface area contributed by atoms with Crippen molar-refractivity contribution < 1.29 is 14.7 Å². The Morgan fingerprint density at radius 2 is 0.967 bits per heavy atom. The number of hydrogen-bond donors (Lipinski definition) is 1. The van der Waals surface area contributed by atoms with Crippen molar-refractivity contribution in [1.29, 1.82) is 0 Å². The lowest BCUT2D eigenvalue weighted by atomic mass is 9.98. The first-order valence-electron chi connectivity index (χ1n) is 9.52. The van der Waals surface area contributed by atoms with E-state index in [4.69, 9.17) is 0 Å². The Morgan fingerprint density at radius 1 is 0.533 bits per heavy atom.